The number of hydrogen-bond acceptors (Lipinski definition) is 3. The Hall–Kier alpha value is -6.32. The van der Waals surface area contributed by atoms with Gasteiger partial charge in [0.15, 0.2) is 5.82 Å². The van der Waals surface area contributed by atoms with Crippen LogP contribution in [0.3, 0.4) is 0 Å². The predicted octanol–water partition coefficient (Wildman–Crippen LogP) is 11.7. The molecule has 0 saturated heterocycles. The van der Waals surface area contributed by atoms with Crippen LogP contribution < -0.4 is 4.90 Å². The summed E-state index contributed by atoms with van der Waals surface area (Å²) in [5, 5.41) is 1.05. The first kappa shape index (κ1) is 27.0. The smallest absolute Gasteiger partial charge is 0.160 e. The lowest BCUT2D eigenvalue weighted by atomic mass is 9.93. The van der Waals surface area contributed by atoms with Crippen LogP contribution in [0.4, 0.5) is 17.1 Å². The minimum atomic E-state index is 0.716. The van der Waals surface area contributed by atoms with Gasteiger partial charge in [-0.1, -0.05) is 140 Å². The molecule has 0 atom stereocenters. The molecule has 0 unspecified atom stereocenters. The van der Waals surface area contributed by atoms with Crippen molar-refractivity contribution in [3.05, 3.63) is 176 Å². The Kier molecular flexibility index (Phi) is 6.46. The van der Waals surface area contributed by atoms with Gasteiger partial charge < -0.3 is 4.90 Å². The van der Waals surface area contributed by atoms with Gasteiger partial charge in [-0.05, 0) is 58.7 Å². The third-order valence-corrected chi connectivity index (χ3v) is 9.01. The average molecular weight is 600 g/mol. The van der Waals surface area contributed by atoms with Crippen LogP contribution >= 0.6 is 0 Å². The molecule has 0 saturated carbocycles. The van der Waals surface area contributed by atoms with Crippen molar-refractivity contribution in [2.75, 3.05) is 4.90 Å². The third kappa shape index (κ3) is 4.68. The Morgan fingerprint density at radius 1 is 0.362 bits per heavy atom. The van der Waals surface area contributed by atoms with Gasteiger partial charge in [0.2, 0.25) is 0 Å². The first-order valence-corrected chi connectivity index (χ1v) is 15.9. The second kappa shape index (κ2) is 11.2. The van der Waals surface area contributed by atoms with Crippen LogP contribution in [-0.4, -0.2) is 9.97 Å². The second-order valence-corrected chi connectivity index (χ2v) is 11.8. The summed E-state index contributed by atoms with van der Waals surface area (Å²) in [6, 6.07) is 62.2. The van der Waals surface area contributed by atoms with Crippen LogP contribution in [0, 0.1) is 0 Å². The fourth-order valence-corrected chi connectivity index (χ4v) is 6.82. The van der Waals surface area contributed by atoms with Crippen LogP contribution in [0.15, 0.2) is 176 Å². The summed E-state index contributed by atoms with van der Waals surface area (Å²) >= 11 is 0. The average Bonchev–Trinajstić information content (AvgIpc) is 3.27. The van der Waals surface area contributed by atoms with Crippen molar-refractivity contribution in [1.29, 1.82) is 0 Å². The zero-order chi connectivity index (χ0) is 31.2. The zero-order valence-electron chi connectivity index (χ0n) is 25.6. The first-order valence-electron chi connectivity index (χ1n) is 15.9. The van der Waals surface area contributed by atoms with Gasteiger partial charge in [-0.3, -0.25) is 0 Å². The van der Waals surface area contributed by atoms with Crippen molar-refractivity contribution in [1.82, 2.24) is 9.97 Å². The van der Waals surface area contributed by atoms with Crippen LogP contribution in [0.1, 0.15) is 0 Å². The number of nitrogens with zero attached hydrogens (tertiary/aromatic N) is 3. The maximum atomic E-state index is 5.14. The molecule has 9 rings (SSSR count). The number of rotatable bonds is 4. The van der Waals surface area contributed by atoms with E-state index in [9.17, 15) is 0 Å². The lowest BCUT2D eigenvalue weighted by Gasteiger charge is -2.27. The molecule has 3 nitrogen and oxygen atoms in total. The Morgan fingerprint density at radius 3 is 1.77 bits per heavy atom. The fourth-order valence-electron chi connectivity index (χ4n) is 6.82. The Morgan fingerprint density at radius 2 is 0.957 bits per heavy atom. The molecule has 0 bridgehead atoms. The van der Waals surface area contributed by atoms with Gasteiger partial charge >= 0.3 is 0 Å². The number of benzene rings is 7. The number of para-hydroxylation sites is 3. The van der Waals surface area contributed by atoms with Gasteiger partial charge in [0.25, 0.3) is 0 Å². The van der Waals surface area contributed by atoms with Crippen LogP contribution in [0.25, 0.3) is 66.9 Å². The van der Waals surface area contributed by atoms with E-state index in [1.54, 1.807) is 0 Å². The molecule has 0 aliphatic carbocycles. The summed E-state index contributed by atoms with van der Waals surface area (Å²) in [6.45, 7) is 0. The number of hydrogen-bond donors (Lipinski definition) is 0. The van der Waals surface area contributed by atoms with Crippen molar-refractivity contribution in [3.8, 4) is 56.0 Å². The molecular formula is C44H29N3. The van der Waals surface area contributed by atoms with E-state index in [0.29, 0.717) is 5.82 Å². The van der Waals surface area contributed by atoms with E-state index in [4.69, 9.17) is 9.97 Å². The van der Waals surface area contributed by atoms with Crippen molar-refractivity contribution < 1.29 is 0 Å². The van der Waals surface area contributed by atoms with Gasteiger partial charge in [0.05, 0.1) is 22.6 Å². The molecule has 8 aromatic rings. The topological polar surface area (TPSA) is 29.0 Å². The van der Waals surface area contributed by atoms with E-state index in [2.05, 4.69) is 163 Å². The molecule has 0 amide bonds. The van der Waals surface area contributed by atoms with Crippen molar-refractivity contribution in [2.45, 2.75) is 0 Å². The number of fused-ring (bicyclic) bond motifs is 6. The first-order chi connectivity index (χ1) is 23.3. The highest BCUT2D eigenvalue weighted by atomic mass is 15.1. The monoisotopic (exact) mass is 599 g/mol. The van der Waals surface area contributed by atoms with E-state index in [1.165, 1.54) is 22.3 Å². The van der Waals surface area contributed by atoms with E-state index < -0.39 is 0 Å². The fraction of sp³-hybridized carbons (Fsp3) is 0. The Bertz CT molecular complexity index is 2410. The van der Waals surface area contributed by atoms with Crippen LogP contribution in [0.5, 0.6) is 0 Å². The van der Waals surface area contributed by atoms with Gasteiger partial charge in [-0.15, -0.1) is 0 Å². The molecular weight excluding hydrogens is 571 g/mol. The lowest BCUT2D eigenvalue weighted by molar-refractivity contribution is 1.23. The molecule has 1 aromatic heterocycles. The lowest BCUT2D eigenvalue weighted by Crippen LogP contribution is -2.10. The third-order valence-electron chi connectivity index (χ3n) is 9.01. The molecule has 2 heterocycles. The molecule has 0 N–H and O–H groups in total. The van der Waals surface area contributed by atoms with Crippen LogP contribution in [0.2, 0.25) is 0 Å². The SMILES string of the molecule is c1ccc(-c2nc(-c3cccc(-c4ccc5c(c4)N(c4ccccc4)c4ccccc4-c4ccccc4-5)c3)nc3ccccc23)cc1. The highest BCUT2D eigenvalue weighted by Gasteiger charge is 2.26. The number of aromatic nitrogens is 2. The van der Waals surface area contributed by atoms with E-state index in [-0.39, 0.29) is 0 Å². The summed E-state index contributed by atoms with van der Waals surface area (Å²) < 4.78 is 0. The molecule has 1 aliphatic heterocycles. The van der Waals surface area contributed by atoms with Gasteiger partial charge in [0, 0.05) is 33.3 Å². The van der Waals surface area contributed by atoms with Gasteiger partial charge in [-0.2, -0.15) is 0 Å². The molecule has 0 spiro atoms. The zero-order valence-corrected chi connectivity index (χ0v) is 25.6. The van der Waals surface area contributed by atoms with E-state index >= 15 is 0 Å². The van der Waals surface area contributed by atoms with E-state index in [0.717, 1.165) is 55.9 Å². The summed E-state index contributed by atoms with van der Waals surface area (Å²) in [4.78, 5) is 12.6. The van der Waals surface area contributed by atoms with E-state index in [1.807, 2.05) is 18.2 Å². The largest absolute Gasteiger partial charge is 0.309 e. The number of anilines is 3. The molecule has 47 heavy (non-hydrogen) atoms. The summed E-state index contributed by atoms with van der Waals surface area (Å²) in [6.07, 6.45) is 0. The molecule has 3 heteroatoms. The molecule has 1 aliphatic rings. The molecule has 220 valence electrons. The van der Waals surface area contributed by atoms with Gasteiger partial charge in [0.1, 0.15) is 0 Å². The Labute approximate surface area is 274 Å². The summed E-state index contributed by atoms with van der Waals surface area (Å²) in [7, 11) is 0. The molecule has 7 aromatic carbocycles. The van der Waals surface area contributed by atoms with Crippen molar-refractivity contribution in [2.24, 2.45) is 0 Å². The highest BCUT2D eigenvalue weighted by Crippen LogP contribution is 2.51. The van der Waals surface area contributed by atoms with Crippen molar-refractivity contribution >= 4 is 28.0 Å². The second-order valence-electron chi connectivity index (χ2n) is 11.8. The maximum absolute atomic E-state index is 5.14. The maximum Gasteiger partial charge on any atom is 0.160 e. The minimum Gasteiger partial charge on any atom is -0.309 e. The predicted molar refractivity (Wildman–Crippen MR) is 195 cm³/mol. The Balaban J connectivity index is 1.22. The van der Waals surface area contributed by atoms with Crippen LogP contribution in [-0.2, 0) is 0 Å². The summed E-state index contributed by atoms with van der Waals surface area (Å²) in [5.74, 6) is 0.716. The van der Waals surface area contributed by atoms with Gasteiger partial charge in [-0.25, -0.2) is 9.97 Å². The molecule has 0 radical (unpaired) electrons. The minimum absolute atomic E-state index is 0.716. The standard InChI is InChI=1S/C44H29N3/c1-3-14-30(15-4-1)43-39-23-9-11-24-40(39)45-44(46-43)33-17-13-16-31(28-33)32-26-27-38-36-21-8-7-20-35(36)37-22-10-12-25-41(37)47(42(38)29-32)34-18-5-2-6-19-34/h1-29H. The molecule has 0 fully saturated rings. The summed E-state index contributed by atoms with van der Waals surface area (Å²) in [5.41, 5.74) is 14.5. The quantitative estimate of drug-likeness (QED) is 0.201. The van der Waals surface area contributed by atoms with Crippen molar-refractivity contribution in [3.63, 3.8) is 0 Å². The highest BCUT2D eigenvalue weighted by molar-refractivity contribution is 6.03. The normalized spacial score (nSPS) is 11.8.